The number of carbonyl (C=O) groups excluding carboxylic acids is 1. The zero-order valence-corrected chi connectivity index (χ0v) is 8.99. The van der Waals surface area contributed by atoms with E-state index in [4.69, 9.17) is 11.6 Å². The first-order valence-electron chi connectivity index (χ1n) is 4.68. The van der Waals surface area contributed by atoms with Gasteiger partial charge in [0.25, 0.3) is 0 Å². The summed E-state index contributed by atoms with van der Waals surface area (Å²) in [4.78, 5) is 11.4. The van der Waals surface area contributed by atoms with Gasteiger partial charge in [-0.2, -0.15) is 0 Å². The van der Waals surface area contributed by atoms with E-state index in [1.54, 1.807) is 18.2 Å². The summed E-state index contributed by atoms with van der Waals surface area (Å²) in [5.74, 6) is -0.917. The Morgan fingerprint density at radius 3 is 2.93 bits per heavy atom. The molecule has 0 aliphatic heterocycles. The van der Waals surface area contributed by atoms with E-state index in [0.717, 1.165) is 11.1 Å². The van der Waals surface area contributed by atoms with Gasteiger partial charge >= 0.3 is 5.97 Å². The van der Waals surface area contributed by atoms with E-state index in [9.17, 15) is 9.90 Å². The monoisotopic (exact) mass is 226 g/mol. The van der Waals surface area contributed by atoms with Gasteiger partial charge in [-0.3, -0.25) is 4.79 Å². The van der Waals surface area contributed by atoms with E-state index in [1.165, 1.54) is 7.11 Å². The number of halogens is 1. The molecule has 0 bridgehead atoms. The minimum atomic E-state index is -0.800. The summed E-state index contributed by atoms with van der Waals surface area (Å²) in [5, 5.41) is 10.5. The molecule has 1 aliphatic rings. The number of methoxy groups -OCH3 is 1. The molecule has 1 aliphatic carbocycles. The van der Waals surface area contributed by atoms with Crippen LogP contribution in [0.4, 0.5) is 0 Å². The first kappa shape index (κ1) is 10.5. The molecular weight excluding hydrogens is 216 g/mol. The summed E-state index contributed by atoms with van der Waals surface area (Å²) in [5.41, 5.74) is 1.58. The largest absolute Gasteiger partial charge is 0.469 e. The zero-order valence-electron chi connectivity index (χ0n) is 8.24. The summed E-state index contributed by atoms with van der Waals surface area (Å²) in [6, 6.07) is 5.31. The number of ether oxygens (including phenoxy) is 1. The molecule has 1 aromatic carbocycles. The normalized spacial score (nSPS) is 23.7. The van der Waals surface area contributed by atoms with Gasteiger partial charge in [-0.15, -0.1) is 0 Å². The molecule has 2 atom stereocenters. The van der Waals surface area contributed by atoms with Crippen LogP contribution in [0.25, 0.3) is 0 Å². The third-order valence-electron chi connectivity index (χ3n) is 2.78. The molecule has 1 aromatic rings. The number of hydrogen-bond acceptors (Lipinski definition) is 3. The predicted molar refractivity (Wildman–Crippen MR) is 55.6 cm³/mol. The average molecular weight is 227 g/mol. The van der Waals surface area contributed by atoms with Crippen molar-refractivity contribution in [3.05, 3.63) is 34.3 Å². The SMILES string of the molecule is COC(=O)C1Cc2c(Cl)cccc2C1O. The molecule has 0 saturated carbocycles. The van der Waals surface area contributed by atoms with Crippen molar-refractivity contribution < 1.29 is 14.6 Å². The van der Waals surface area contributed by atoms with Gasteiger partial charge in [0.15, 0.2) is 0 Å². The highest BCUT2D eigenvalue weighted by atomic mass is 35.5. The number of esters is 1. The van der Waals surface area contributed by atoms with Gasteiger partial charge in [-0.25, -0.2) is 0 Å². The molecule has 3 nitrogen and oxygen atoms in total. The molecule has 0 amide bonds. The Hall–Kier alpha value is -1.06. The van der Waals surface area contributed by atoms with Crippen LogP contribution in [0.15, 0.2) is 18.2 Å². The highest BCUT2D eigenvalue weighted by molar-refractivity contribution is 6.31. The van der Waals surface area contributed by atoms with Gasteiger partial charge in [0, 0.05) is 5.02 Å². The smallest absolute Gasteiger partial charge is 0.311 e. The molecule has 0 aromatic heterocycles. The number of benzene rings is 1. The van der Waals surface area contributed by atoms with Gasteiger partial charge in [-0.05, 0) is 23.6 Å². The molecule has 4 heteroatoms. The van der Waals surface area contributed by atoms with Crippen molar-refractivity contribution in [3.63, 3.8) is 0 Å². The second kappa shape index (κ2) is 3.83. The van der Waals surface area contributed by atoms with Crippen molar-refractivity contribution in [2.45, 2.75) is 12.5 Å². The first-order chi connectivity index (χ1) is 7.15. The highest BCUT2D eigenvalue weighted by Gasteiger charge is 2.37. The first-order valence-corrected chi connectivity index (χ1v) is 5.06. The van der Waals surface area contributed by atoms with E-state index in [1.807, 2.05) is 0 Å². The topological polar surface area (TPSA) is 46.5 Å². The molecule has 80 valence electrons. The fourth-order valence-corrected chi connectivity index (χ4v) is 2.24. The van der Waals surface area contributed by atoms with Crippen LogP contribution in [0.1, 0.15) is 17.2 Å². The predicted octanol–water partition coefficient (Wildman–Crippen LogP) is 1.72. The number of aliphatic hydroxyl groups is 1. The van der Waals surface area contributed by atoms with Crippen LogP contribution in [0.2, 0.25) is 5.02 Å². The lowest BCUT2D eigenvalue weighted by Gasteiger charge is -2.11. The van der Waals surface area contributed by atoms with Gasteiger partial charge < -0.3 is 9.84 Å². The Balaban J connectivity index is 2.37. The summed E-state index contributed by atoms with van der Waals surface area (Å²) in [6.07, 6.45) is -0.353. The van der Waals surface area contributed by atoms with Crippen molar-refractivity contribution in [2.75, 3.05) is 7.11 Å². The molecule has 2 rings (SSSR count). The van der Waals surface area contributed by atoms with Crippen LogP contribution in [0.3, 0.4) is 0 Å². The molecule has 2 unspecified atom stereocenters. The summed E-state index contributed by atoms with van der Waals surface area (Å²) < 4.78 is 4.63. The lowest BCUT2D eigenvalue weighted by atomic mass is 10.0. The van der Waals surface area contributed by atoms with Gasteiger partial charge in [0.1, 0.15) is 0 Å². The molecule has 0 fully saturated rings. The highest BCUT2D eigenvalue weighted by Crippen LogP contribution is 2.39. The van der Waals surface area contributed by atoms with Crippen molar-refractivity contribution in [1.29, 1.82) is 0 Å². The third kappa shape index (κ3) is 1.62. The minimum absolute atomic E-state index is 0.394. The summed E-state index contributed by atoms with van der Waals surface area (Å²) >= 11 is 5.98. The lowest BCUT2D eigenvalue weighted by molar-refractivity contribution is -0.148. The van der Waals surface area contributed by atoms with Crippen LogP contribution in [-0.4, -0.2) is 18.2 Å². The number of fused-ring (bicyclic) bond motifs is 1. The molecule has 0 radical (unpaired) electrons. The molecule has 0 saturated heterocycles. The van der Waals surface area contributed by atoms with Crippen molar-refractivity contribution >= 4 is 17.6 Å². The Bertz CT molecular complexity index is 403. The third-order valence-corrected chi connectivity index (χ3v) is 3.14. The van der Waals surface area contributed by atoms with E-state index < -0.39 is 18.0 Å². The average Bonchev–Trinajstić information content (AvgIpc) is 2.57. The van der Waals surface area contributed by atoms with Crippen LogP contribution in [0, 0.1) is 5.92 Å². The summed E-state index contributed by atoms with van der Waals surface area (Å²) in [7, 11) is 1.32. The van der Waals surface area contributed by atoms with Crippen LogP contribution in [-0.2, 0) is 16.0 Å². The maximum Gasteiger partial charge on any atom is 0.311 e. The maximum absolute atomic E-state index is 11.4. The van der Waals surface area contributed by atoms with E-state index in [0.29, 0.717) is 11.4 Å². The van der Waals surface area contributed by atoms with Crippen molar-refractivity contribution in [1.82, 2.24) is 0 Å². The minimum Gasteiger partial charge on any atom is -0.469 e. The Morgan fingerprint density at radius 1 is 1.60 bits per heavy atom. The van der Waals surface area contributed by atoms with Crippen LogP contribution >= 0.6 is 11.6 Å². The second-order valence-corrected chi connectivity index (χ2v) is 3.99. The van der Waals surface area contributed by atoms with Crippen molar-refractivity contribution in [2.24, 2.45) is 5.92 Å². The molecule has 0 heterocycles. The van der Waals surface area contributed by atoms with E-state index >= 15 is 0 Å². The molecule has 1 N–H and O–H groups in total. The van der Waals surface area contributed by atoms with Crippen LogP contribution < -0.4 is 0 Å². The Kier molecular flexibility index (Phi) is 2.67. The number of carbonyl (C=O) groups is 1. The van der Waals surface area contributed by atoms with Crippen molar-refractivity contribution in [3.8, 4) is 0 Å². The fourth-order valence-electron chi connectivity index (χ4n) is 1.98. The second-order valence-electron chi connectivity index (χ2n) is 3.59. The number of rotatable bonds is 1. The van der Waals surface area contributed by atoms with E-state index in [2.05, 4.69) is 4.74 Å². The molecular formula is C11H11ClO3. The lowest BCUT2D eigenvalue weighted by Crippen LogP contribution is -2.20. The quantitative estimate of drug-likeness (QED) is 0.742. The number of hydrogen-bond donors (Lipinski definition) is 1. The number of aliphatic hydroxyl groups excluding tert-OH is 1. The summed E-state index contributed by atoms with van der Waals surface area (Å²) in [6.45, 7) is 0. The molecule has 15 heavy (non-hydrogen) atoms. The van der Waals surface area contributed by atoms with Gasteiger partial charge in [0.05, 0.1) is 19.1 Å². The van der Waals surface area contributed by atoms with Gasteiger partial charge in [0.2, 0.25) is 0 Å². The zero-order chi connectivity index (χ0) is 11.0. The van der Waals surface area contributed by atoms with Crippen LogP contribution in [0.5, 0.6) is 0 Å². The Morgan fingerprint density at radius 2 is 2.33 bits per heavy atom. The Labute approximate surface area is 92.6 Å². The standard InChI is InChI=1S/C11H11ClO3/c1-15-11(14)8-5-7-6(10(8)13)3-2-4-9(7)12/h2-4,8,10,13H,5H2,1H3. The van der Waals surface area contributed by atoms with E-state index in [-0.39, 0.29) is 0 Å². The fraction of sp³-hybridized carbons (Fsp3) is 0.364. The van der Waals surface area contributed by atoms with Gasteiger partial charge in [-0.1, -0.05) is 23.7 Å². The maximum atomic E-state index is 11.4. The molecule has 0 spiro atoms.